The molecule has 0 fully saturated rings. The van der Waals surface area contributed by atoms with Gasteiger partial charge in [-0.3, -0.25) is 0 Å². The first-order valence-electron chi connectivity index (χ1n) is 19.1. The van der Waals surface area contributed by atoms with Crippen molar-refractivity contribution in [3.63, 3.8) is 0 Å². The molecule has 50 heavy (non-hydrogen) atoms. The summed E-state index contributed by atoms with van der Waals surface area (Å²) in [6.45, 7) is 14.5. The fourth-order valence-electron chi connectivity index (χ4n) is 9.01. The van der Waals surface area contributed by atoms with E-state index in [2.05, 4.69) is 133 Å². The number of fused-ring (bicyclic) bond motifs is 2. The van der Waals surface area contributed by atoms with Crippen LogP contribution >= 0.6 is 0 Å². The second kappa shape index (κ2) is 18.4. The molecule has 3 aliphatic rings. The van der Waals surface area contributed by atoms with Gasteiger partial charge in [0.15, 0.2) is 0 Å². The molecule has 3 heteroatoms. The van der Waals surface area contributed by atoms with Crippen molar-refractivity contribution in [2.45, 2.75) is 112 Å². The zero-order valence-corrected chi connectivity index (χ0v) is 35.2. The molecular weight excluding hydrogens is 727 g/mol. The number of allylic oxidation sites excluding steroid dienone is 8. The van der Waals surface area contributed by atoms with Gasteiger partial charge in [0.25, 0.3) is 0 Å². The van der Waals surface area contributed by atoms with E-state index >= 15 is 0 Å². The molecule has 261 valence electrons. The zero-order chi connectivity index (χ0) is 33.7. The van der Waals surface area contributed by atoms with E-state index in [1.807, 2.05) is 0 Å². The Kier molecular flexibility index (Phi) is 14.9. The predicted octanol–water partition coefficient (Wildman–Crippen LogP) is 5.12. The molecule has 1 atom stereocenters. The summed E-state index contributed by atoms with van der Waals surface area (Å²) in [5.41, 5.74) is 16.1. The summed E-state index contributed by atoms with van der Waals surface area (Å²) in [6.07, 6.45) is 20.1. The molecule has 0 saturated heterocycles. The zero-order valence-electron chi connectivity index (χ0n) is 31.2. The summed E-state index contributed by atoms with van der Waals surface area (Å²) in [5, 5.41) is 3.21. The Bertz CT molecular complexity index is 1900. The third-order valence-electron chi connectivity index (χ3n) is 10.9. The number of hydrogen-bond acceptors (Lipinski definition) is 0. The molecule has 0 saturated carbocycles. The predicted molar refractivity (Wildman–Crippen MR) is 205 cm³/mol. The smallest absolute Gasteiger partial charge is 1.00 e. The quantitative estimate of drug-likeness (QED) is 0.213. The van der Waals surface area contributed by atoms with Crippen LogP contribution in [0.1, 0.15) is 122 Å². The van der Waals surface area contributed by atoms with E-state index in [1.165, 1.54) is 68.1 Å². The summed E-state index contributed by atoms with van der Waals surface area (Å²) in [4.78, 5) is 0. The van der Waals surface area contributed by atoms with E-state index in [-0.39, 0.29) is 30.2 Å². The Hall–Kier alpha value is -2.31. The number of aryl methyl sites for hydroxylation is 2. The van der Waals surface area contributed by atoms with Crippen LogP contribution in [0.5, 0.6) is 0 Å². The average Bonchev–Trinajstić information content (AvgIpc) is 3.76. The normalized spacial score (nSPS) is 17.6. The summed E-state index contributed by atoms with van der Waals surface area (Å²) < 4.78 is 3.34. The Balaban J connectivity index is 0.00000281. The summed E-state index contributed by atoms with van der Waals surface area (Å²) in [5.74, 6) is 0. The van der Waals surface area contributed by atoms with Crippen LogP contribution in [0.2, 0.25) is 0 Å². The van der Waals surface area contributed by atoms with Gasteiger partial charge >= 0.3 is 304 Å². The second-order valence-electron chi connectivity index (χ2n) is 14.0. The molecule has 6 rings (SSSR count). The third kappa shape index (κ3) is 7.45. The fourth-order valence-corrected chi connectivity index (χ4v) is 12.9. The van der Waals surface area contributed by atoms with Crippen molar-refractivity contribution in [1.82, 2.24) is 0 Å². The van der Waals surface area contributed by atoms with E-state index in [4.69, 9.17) is 0 Å². The molecule has 0 aromatic heterocycles. The van der Waals surface area contributed by atoms with Gasteiger partial charge in [-0.1, -0.05) is 0 Å². The number of benzene rings is 3. The van der Waals surface area contributed by atoms with Crippen LogP contribution in [0.3, 0.4) is 0 Å². The van der Waals surface area contributed by atoms with E-state index in [9.17, 15) is 0 Å². The molecule has 1 unspecified atom stereocenters. The van der Waals surface area contributed by atoms with Gasteiger partial charge in [-0.2, -0.15) is 0 Å². The molecule has 0 amide bonds. The maximum Gasteiger partial charge on any atom is -1.00 e. The molecule has 0 heterocycles. The molecule has 0 aliphatic heterocycles. The molecule has 0 radical (unpaired) electrons. The van der Waals surface area contributed by atoms with Crippen LogP contribution in [0, 0.1) is 5.41 Å². The molecule has 3 aliphatic carbocycles. The van der Waals surface area contributed by atoms with Crippen molar-refractivity contribution in [2.24, 2.45) is 5.41 Å². The number of rotatable bonds is 14. The van der Waals surface area contributed by atoms with Gasteiger partial charge in [0.1, 0.15) is 0 Å². The maximum atomic E-state index is 2.64. The Morgan fingerprint density at radius 3 is 1.88 bits per heavy atom. The van der Waals surface area contributed by atoms with Gasteiger partial charge < -0.3 is 24.8 Å². The van der Waals surface area contributed by atoms with Gasteiger partial charge in [0, 0.05) is 0 Å². The van der Waals surface area contributed by atoms with Crippen molar-refractivity contribution < 1.29 is 47.6 Å². The van der Waals surface area contributed by atoms with Crippen LogP contribution in [0.15, 0.2) is 119 Å². The molecule has 0 N–H and O–H groups in total. The topological polar surface area (TPSA) is 0 Å². The average molecular weight is 782 g/mol. The van der Waals surface area contributed by atoms with Crippen molar-refractivity contribution in [3.05, 3.63) is 152 Å². The minimum Gasteiger partial charge on any atom is -1.00 e. The standard InChI is InChI=1S/C34H45.C13H10.2ClH.Zr/c1-7-15-26-21-24(11-5)22-27-23-29-32(31(26)27)28(16-8-2)30(17-9-3)34(12-6,20-10-4)33(29)25-18-13-14-19-25;1-3-7-12(8-4-1)11-13-9-5-2-6-10-13;;;/h13-14,18,21-22H,7-12,15-17,19-20H2,1-6H3;1-10H;2*1H;/q;;;;+2/p-2. The van der Waals surface area contributed by atoms with E-state index in [0.29, 0.717) is 0 Å². The van der Waals surface area contributed by atoms with Gasteiger partial charge in [0.05, 0.1) is 0 Å². The van der Waals surface area contributed by atoms with E-state index in [0.717, 1.165) is 19.3 Å². The SMILES string of the molecule is CCCC1=C(CCC)C(CC)(CCC)C(C2=CC=CC2)=C2[C]([Zr+2]=[C](c3ccccc3)c3ccccc3)=c3cc(CC)cc(CCC)c3=C12.[Cl-].[Cl-]. The van der Waals surface area contributed by atoms with Gasteiger partial charge in [-0.25, -0.2) is 0 Å². The number of halogens is 2. The Morgan fingerprint density at radius 2 is 1.36 bits per heavy atom. The first kappa shape index (κ1) is 40.5. The molecule has 0 nitrogen and oxygen atoms in total. The Labute approximate surface area is 326 Å². The first-order valence-corrected chi connectivity index (χ1v) is 21.5. The summed E-state index contributed by atoms with van der Waals surface area (Å²) >= 11 is -1.35. The fraction of sp³-hybridized carbons (Fsp3) is 0.383. The van der Waals surface area contributed by atoms with Crippen molar-refractivity contribution >= 4 is 12.1 Å². The van der Waals surface area contributed by atoms with Crippen LogP contribution in [0.25, 0.3) is 8.85 Å². The van der Waals surface area contributed by atoms with E-state index in [1.54, 1.807) is 55.9 Å². The summed E-state index contributed by atoms with van der Waals surface area (Å²) in [6, 6.07) is 28.0. The van der Waals surface area contributed by atoms with Crippen molar-refractivity contribution in [2.75, 3.05) is 0 Å². The largest absolute Gasteiger partial charge is 1.00 e. The maximum absolute atomic E-state index is 2.64. The third-order valence-corrected chi connectivity index (χ3v) is 14.9. The van der Waals surface area contributed by atoms with Crippen LogP contribution in [0.4, 0.5) is 0 Å². The molecule has 3 aromatic rings. The molecular formula is C47H55Cl2Zr. The van der Waals surface area contributed by atoms with Crippen LogP contribution in [-0.2, 0) is 35.6 Å². The molecule has 3 aromatic carbocycles. The monoisotopic (exact) mass is 779 g/mol. The minimum atomic E-state index is -1.35. The van der Waals surface area contributed by atoms with Gasteiger partial charge in [0.2, 0.25) is 0 Å². The second-order valence-corrected chi connectivity index (χ2v) is 17.1. The van der Waals surface area contributed by atoms with Crippen molar-refractivity contribution in [3.8, 4) is 0 Å². The molecule has 0 bridgehead atoms. The molecule has 0 spiro atoms. The first-order chi connectivity index (χ1) is 23.6. The van der Waals surface area contributed by atoms with E-state index < -0.39 is 22.8 Å². The summed E-state index contributed by atoms with van der Waals surface area (Å²) in [7, 11) is 0. The minimum absolute atomic E-state index is 0. The van der Waals surface area contributed by atoms with Crippen LogP contribution < -0.4 is 35.3 Å². The number of hydrogen-bond donors (Lipinski definition) is 0. The Morgan fingerprint density at radius 1 is 0.720 bits per heavy atom. The van der Waals surface area contributed by atoms with Gasteiger partial charge in [-0.15, -0.1) is 0 Å². The van der Waals surface area contributed by atoms with Crippen molar-refractivity contribution in [1.29, 1.82) is 0 Å². The van der Waals surface area contributed by atoms with Gasteiger partial charge in [-0.05, 0) is 0 Å². The van der Waals surface area contributed by atoms with Crippen LogP contribution in [-0.4, -0.2) is 3.21 Å².